The van der Waals surface area contributed by atoms with E-state index in [0.717, 1.165) is 28.9 Å². The molecule has 0 radical (unpaired) electrons. The van der Waals surface area contributed by atoms with E-state index < -0.39 is 11.6 Å². The van der Waals surface area contributed by atoms with Crippen LogP contribution in [-0.4, -0.2) is 38.4 Å². The predicted molar refractivity (Wildman–Crippen MR) is 185 cm³/mol. The van der Waals surface area contributed by atoms with Gasteiger partial charge in [-0.2, -0.15) is 0 Å². The molecule has 1 heterocycles. The number of benzene rings is 3. The number of Topliss-reactive ketones (excluding diaryl/α,β-unsaturated/α-hetero) is 1. The van der Waals surface area contributed by atoms with Crippen LogP contribution in [0, 0.1) is 5.41 Å². The van der Waals surface area contributed by atoms with Crippen LogP contribution in [0.15, 0.2) is 78.9 Å². The Morgan fingerprint density at radius 3 is 2.04 bits per heavy atom. The maximum absolute atomic E-state index is 12.2. The van der Waals surface area contributed by atoms with Crippen LogP contribution in [0.5, 0.6) is 17.2 Å². The van der Waals surface area contributed by atoms with E-state index in [1.807, 2.05) is 49.4 Å². The van der Waals surface area contributed by atoms with Gasteiger partial charge in [0.1, 0.15) is 32.2 Å². The lowest BCUT2D eigenvalue weighted by Gasteiger charge is -2.32. The summed E-state index contributed by atoms with van der Waals surface area (Å²) in [5.74, 6) is 1.50. The number of ether oxygens (including phenoxy) is 5. The zero-order valence-corrected chi connectivity index (χ0v) is 28.3. The van der Waals surface area contributed by atoms with Gasteiger partial charge in [0, 0.05) is 0 Å². The largest absolute Gasteiger partial charge is 0.508 e. The van der Waals surface area contributed by atoms with E-state index in [4.69, 9.17) is 23.7 Å². The molecular weight excluding hydrogens is 592 g/mol. The number of hydrogen-bond donors (Lipinski definition) is 0. The van der Waals surface area contributed by atoms with Gasteiger partial charge in [-0.15, -0.1) is 0 Å². The van der Waals surface area contributed by atoms with Crippen LogP contribution < -0.4 is 14.2 Å². The van der Waals surface area contributed by atoms with Crippen LogP contribution in [-0.2, 0) is 27.3 Å². The van der Waals surface area contributed by atoms with E-state index in [1.165, 1.54) is 56.9 Å². The van der Waals surface area contributed by atoms with Crippen molar-refractivity contribution in [1.82, 2.24) is 0 Å². The van der Waals surface area contributed by atoms with Gasteiger partial charge >= 0.3 is 6.16 Å². The summed E-state index contributed by atoms with van der Waals surface area (Å²) in [5.41, 5.74) is 4.29. The fourth-order valence-corrected chi connectivity index (χ4v) is 5.25. The molecule has 1 fully saturated rings. The van der Waals surface area contributed by atoms with E-state index in [2.05, 4.69) is 37.8 Å². The Morgan fingerprint density at radius 2 is 1.38 bits per heavy atom. The van der Waals surface area contributed by atoms with E-state index in [0.29, 0.717) is 23.7 Å². The molecule has 1 aliphatic rings. The Bertz CT molecular complexity index is 1430. The molecule has 252 valence electrons. The molecule has 47 heavy (non-hydrogen) atoms. The summed E-state index contributed by atoms with van der Waals surface area (Å²) >= 11 is 0. The zero-order chi connectivity index (χ0) is 33.5. The minimum absolute atomic E-state index is 0.153. The van der Waals surface area contributed by atoms with Crippen LogP contribution >= 0.6 is 0 Å². The Balaban J connectivity index is 1.30. The normalized spacial score (nSPS) is 13.7. The molecule has 0 bridgehead atoms. The summed E-state index contributed by atoms with van der Waals surface area (Å²) in [6.07, 6.45) is 11.2. The lowest BCUT2D eigenvalue weighted by molar-refractivity contribution is -0.117. The Kier molecular flexibility index (Phi) is 13.8. The second kappa shape index (κ2) is 18.2. The smallest absolute Gasteiger partial charge is 0.489 e. The van der Waals surface area contributed by atoms with E-state index in [1.54, 1.807) is 6.92 Å². The number of carbonyl (C=O) groups is 2. The zero-order valence-electron chi connectivity index (χ0n) is 28.3. The van der Waals surface area contributed by atoms with Crippen LogP contribution in [0.2, 0.25) is 0 Å². The number of rotatable bonds is 20. The Labute approximate surface area is 280 Å². The molecular formula is C40H50O7. The van der Waals surface area contributed by atoms with Crippen molar-refractivity contribution in [3.05, 3.63) is 90.0 Å². The highest BCUT2D eigenvalue weighted by molar-refractivity contribution is 5.95. The van der Waals surface area contributed by atoms with Crippen molar-refractivity contribution in [3.8, 4) is 28.4 Å². The molecule has 0 spiro atoms. The SMILES string of the molecule is C=C(C)C(=O)COc1cc(-c2ccc(OCc3ccc(CCCCCCCCCC)cc3)cc2)ccc1OCC1(C)COC(=O)OC1. The maximum atomic E-state index is 12.2. The molecule has 7 nitrogen and oxygen atoms in total. The predicted octanol–water partition coefficient (Wildman–Crippen LogP) is 9.69. The van der Waals surface area contributed by atoms with Crippen LogP contribution in [0.25, 0.3) is 11.1 Å². The fraction of sp³-hybridized carbons (Fsp3) is 0.450. The highest BCUT2D eigenvalue weighted by Crippen LogP contribution is 2.35. The summed E-state index contributed by atoms with van der Waals surface area (Å²) in [6, 6.07) is 22.3. The van der Waals surface area contributed by atoms with Crippen LogP contribution in [0.1, 0.15) is 83.3 Å². The van der Waals surface area contributed by atoms with Crippen molar-refractivity contribution >= 4 is 11.9 Å². The summed E-state index contributed by atoms with van der Waals surface area (Å²) in [4.78, 5) is 23.5. The quantitative estimate of drug-likeness (QED) is 0.0690. The monoisotopic (exact) mass is 642 g/mol. The first kappa shape index (κ1) is 35.6. The van der Waals surface area contributed by atoms with Gasteiger partial charge < -0.3 is 23.7 Å². The van der Waals surface area contributed by atoms with Crippen molar-refractivity contribution in [2.75, 3.05) is 26.4 Å². The molecule has 0 amide bonds. The number of carbonyl (C=O) groups excluding carboxylic acids is 2. The molecule has 0 aromatic heterocycles. The van der Waals surface area contributed by atoms with Crippen molar-refractivity contribution in [2.45, 2.75) is 85.2 Å². The highest BCUT2D eigenvalue weighted by Gasteiger charge is 2.34. The average Bonchev–Trinajstić information content (AvgIpc) is 3.09. The molecule has 0 atom stereocenters. The lowest BCUT2D eigenvalue weighted by Crippen LogP contribution is -2.41. The van der Waals surface area contributed by atoms with Gasteiger partial charge in [0.25, 0.3) is 0 Å². The van der Waals surface area contributed by atoms with Gasteiger partial charge in [-0.3, -0.25) is 4.79 Å². The number of hydrogen-bond acceptors (Lipinski definition) is 7. The molecule has 0 aliphatic carbocycles. The summed E-state index contributed by atoms with van der Waals surface area (Å²) in [5, 5.41) is 0. The van der Waals surface area contributed by atoms with Gasteiger partial charge in [0.15, 0.2) is 23.9 Å². The van der Waals surface area contributed by atoms with Gasteiger partial charge in [0.2, 0.25) is 0 Å². The number of ketones is 1. The summed E-state index contributed by atoms with van der Waals surface area (Å²) in [7, 11) is 0. The summed E-state index contributed by atoms with van der Waals surface area (Å²) in [6.45, 7) is 10.5. The molecule has 3 aromatic carbocycles. The first-order chi connectivity index (χ1) is 22.7. The van der Waals surface area contributed by atoms with Crippen LogP contribution in [0.3, 0.4) is 0 Å². The van der Waals surface area contributed by atoms with Gasteiger partial charge in [-0.25, -0.2) is 4.79 Å². The van der Waals surface area contributed by atoms with E-state index in [-0.39, 0.29) is 32.2 Å². The van der Waals surface area contributed by atoms with Crippen molar-refractivity contribution in [1.29, 1.82) is 0 Å². The fourth-order valence-electron chi connectivity index (χ4n) is 5.25. The standard InChI is InChI=1S/C40H50O7/c1-5-6-7-8-9-10-11-12-13-31-14-16-32(17-15-31)25-43-35-21-18-33(19-22-35)34-20-23-37(38(24-34)44-26-36(41)30(2)3)45-27-40(4)28-46-39(42)47-29-40/h14-24H,2,5-13,25-29H2,1,3-4H3. The van der Waals surface area contributed by atoms with Crippen molar-refractivity contribution < 1.29 is 33.3 Å². The highest BCUT2D eigenvalue weighted by atomic mass is 16.7. The molecule has 1 aliphatic heterocycles. The number of aryl methyl sites for hydroxylation is 1. The molecule has 0 saturated carbocycles. The maximum Gasteiger partial charge on any atom is 0.508 e. The minimum Gasteiger partial charge on any atom is -0.489 e. The van der Waals surface area contributed by atoms with Crippen molar-refractivity contribution in [2.24, 2.45) is 5.41 Å². The van der Waals surface area contributed by atoms with E-state index >= 15 is 0 Å². The molecule has 0 N–H and O–H groups in total. The average molecular weight is 643 g/mol. The molecule has 0 unspecified atom stereocenters. The third-order valence-electron chi connectivity index (χ3n) is 8.37. The Morgan fingerprint density at radius 1 is 0.766 bits per heavy atom. The van der Waals surface area contributed by atoms with Gasteiger partial charge in [-0.1, -0.05) is 101 Å². The number of cyclic esters (lactones) is 2. The third-order valence-corrected chi connectivity index (χ3v) is 8.37. The lowest BCUT2D eigenvalue weighted by atomic mass is 9.94. The minimum atomic E-state index is -0.677. The Hall–Kier alpha value is -4.26. The molecule has 4 rings (SSSR count). The first-order valence-corrected chi connectivity index (χ1v) is 16.9. The molecule has 1 saturated heterocycles. The van der Waals surface area contributed by atoms with Crippen LogP contribution in [0.4, 0.5) is 4.79 Å². The van der Waals surface area contributed by atoms with Gasteiger partial charge in [0.05, 0.1) is 5.41 Å². The number of unbranched alkanes of at least 4 members (excludes halogenated alkanes) is 7. The summed E-state index contributed by atoms with van der Waals surface area (Å²) < 4.78 is 28.2. The second-order valence-electron chi connectivity index (χ2n) is 12.9. The van der Waals surface area contributed by atoms with E-state index in [9.17, 15) is 9.59 Å². The molecule has 7 heteroatoms. The van der Waals surface area contributed by atoms with Crippen molar-refractivity contribution in [3.63, 3.8) is 0 Å². The first-order valence-electron chi connectivity index (χ1n) is 16.9. The molecule has 3 aromatic rings. The van der Waals surface area contributed by atoms with Gasteiger partial charge in [-0.05, 0) is 78.8 Å². The second-order valence-corrected chi connectivity index (χ2v) is 12.9. The third kappa shape index (κ3) is 11.8. The topological polar surface area (TPSA) is 80.3 Å².